The SMILES string of the molecule is CCN(Cc1cc(C)c(C(=O)O)o1)C(C)C. The highest BCUT2D eigenvalue weighted by atomic mass is 16.4. The van der Waals surface area contributed by atoms with Crippen molar-refractivity contribution in [2.75, 3.05) is 6.54 Å². The Balaban J connectivity index is 2.82. The van der Waals surface area contributed by atoms with E-state index in [9.17, 15) is 4.79 Å². The van der Waals surface area contributed by atoms with Crippen LogP contribution in [0.2, 0.25) is 0 Å². The van der Waals surface area contributed by atoms with Crippen LogP contribution >= 0.6 is 0 Å². The molecule has 90 valence electrons. The van der Waals surface area contributed by atoms with E-state index in [0.717, 1.165) is 6.54 Å². The largest absolute Gasteiger partial charge is 0.475 e. The van der Waals surface area contributed by atoms with Gasteiger partial charge in [0, 0.05) is 11.6 Å². The maximum atomic E-state index is 10.8. The zero-order chi connectivity index (χ0) is 12.3. The number of hydrogen-bond acceptors (Lipinski definition) is 3. The van der Waals surface area contributed by atoms with Crippen LogP contribution < -0.4 is 0 Å². The molecular formula is C12H19NO3. The van der Waals surface area contributed by atoms with Gasteiger partial charge in [0.1, 0.15) is 5.76 Å². The van der Waals surface area contributed by atoms with Crippen molar-refractivity contribution in [2.24, 2.45) is 0 Å². The summed E-state index contributed by atoms with van der Waals surface area (Å²) in [6.45, 7) is 9.62. The molecular weight excluding hydrogens is 206 g/mol. The summed E-state index contributed by atoms with van der Waals surface area (Å²) in [7, 11) is 0. The summed E-state index contributed by atoms with van der Waals surface area (Å²) in [5, 5.41) is 8.87. The lowest BCUT2D eigenvalue weighted by atomic mass is 10.2. The number of carboxylic acids is 1. The fourth-order valence-electron chi connectivity index (χ4n) is 1.70. The summed E-state index contributed by atoms with van der Waals surface area (Å²) in [6, 6.07) is 2.22. The summed E-state index contributed by atoms with van der Waals surface area (Å²) >= 11 is 0. The van der Waals surface area contributed by atoms with Gasteiger partial charge in [0.25, 0.3) is 0 Å². The summed E-state index contributed by atoms with van der Waals surface area (Å²) < 4.78 is 5.32. The molecule has 0 aliphatic rings. The quantitative estimate of drug-likeness (QED) is 0.836. The van der Waals surface area contributed by atoms with Gasteiger partial charge in [-0.2, -0.15) is 0 Å². The minimum atomic E-state index is -1.00. The number of carbonyl (C=O) groups is 1. The Labute approximate surface area is 95.9 Å². The van der Waals surface area contributed by atoms with Gasteiger partial charge < -0.3 is 9.52 Å². The Morgan fingerprint density at radius 2 is 2.19 bits per heavy atom. The van der Waals surface area contributed by atoms with Crippen LogP contribution in [-0.4, -0.2) is 28.6 Å². The number of aryl methyl sites for hydroxylation is 1. The molecule has 0 aromatic carbocycles. The Morgan fingerprint density at radius 1 is 1.56 bits per heavy atom. The molecule has 1 heterocycles. The van der Waals surface area contributed by atoms with Gasteiger partial charge in [-0.15, -0.1) is 0 Å². The van der Waals surface area contributed by atoms with Gasteiger partial charge in [-0.3, -0.25) is 4.90 Å². The number of nitrogens with zero attached hydrogens (tertiary/aromatic N) is 1. The lowest BCUT2D eigenvalue weighted by molar-refractivity contribution is 0.0656. The monoisotopic (exact) mass is 225 g/mol. The topological polar surface area (TPSA) is 53.7 Å². The molecule has 1 aromatic heterocycles. The molecule has 0 unspecified atom stereocenters. The van der Waals surface area contributed by atoms with Crippen LogP contribution in [0, 0.1) is 6.92 Å². The first-order valence-electron chi connectivity index (χ1n) is 5.52. The third-order valence-corrected chi connectivity index (χ3v) is 2.66. The fraction of sp³-hybridized carbons (Fsp3) is 0.583. The Bertz CT molecular complexity index is 368. The second-order valence-corrected chi connectivity index (χ2v) is 4.19. The van der Waals surface area contributed by atoms with E-state index in [1.54, 1.807) is 13.0 Å². The van der Waals surface area contributed by atoms with E-state index in [4.69, 9.17) is 9.52 Å². The van der Waals surface area contributed by atoms with Crippen LogP contribution in [0.3, 0.4) is 0 Å². The van der Waals surface area contributed by atoms with Crippen molar-refractivity contribution in [1.29, 1.82) is 0 Å². The molecule has 4 nitrogen and oxygen atoms in total. The summed E-state index contributed by atoms with van der Waals surface area (Å²) in [6.07, 6.45) is 0. The minimum Gasteiger partial charge on any atom is -0.475 e. The Morgan fingerprint density at radius 3 is 2.56 bits per heavy atom. The average molecular weight is 225 g/mol. The highest BCUT2D eigenvalue weighted by Gasteiger charge is 2.16. The van der Waals surface area contributed by atoms with Gasteiger partial charge >= 0.3 is 5.97 Å². The maximum absolute atomic E-state index is 10.8. The van der Waals surface area contributed by atoms with Gasteiger partial charge in [0.15, 0.2) is 0 Å². The average Bonchev–Trinajstić information content (AvgIpc) is 2.55. The van der Waals surface area contributed by atoms with E-state index in [1.165, 1.54) is 0 Å². The normalized spacial score (nSPS) is 11.4. The van der Waals surface area contributed by atoms with E-state index in [-0.39, 0.29) is 5.76 Å². The number of rotatable bonds is 5. The van der Waals surface area contributed by atoms with Gasteiger partial charge in [0.05, 0.1) is 6.54 Å². The number of aromatic carboxylic acids is 1. The summed E-state index contributed by atoms with van der Waals surface area (Å²) in [4.78, 5) is 13.0. The predicted molar refractivity (Wildman–Crippen MR) is 61.6 cm³/mol. The first kappa shape index (κ1) is 12.8. The third kappa shape index (κ3) is 2.85. The fourth-order valence-corrected chi connectivity index (χ4v) is 1.70. The molecule has 0 fully saturated rings. The van der Waals surface area contributed by atoms with Crippen molar-refractivity contribution in [3.63, 3.8) is 0 Å². The molecule has 1 N–H and O–H groups in total. The standard InChI is InChI=1S/C12H19NO3/c1-5-13(8(2)3)7-10-6-9(4)11(16-10)12(14)15/h6,8H,5,7H2,1-4H3,(H,14,15). The Hall–Kier alpha value is -1.29. The van der Waals surface area contributed by atoms with Crippen molar-refractivity contribution >= 4 is 5.97 Å². The van der Waals surface area contributed by atoms with Gasteiger partial charge in [0.2, 0.25) is 5.76 Å². The van der Waals surface area contributed by atoms with Crippen molar-refractivity contribution in [3.05, 3.63) is 23.2 Å². The first-order valence-corrected chi connectivity index (χ1v) is 5.52. The molecule has 0 bridgehead atoms. The molecule has 0 atom stereocenters. The van der Waals surface area contributed by atoms with E-state index in [0.29, 0.717) is 23.9 Å². The van der Waals surface area contributed by atoms with Crippen LogP contribution in [0.4, 0.5) is 0 Å². The second kappa shape index (κ2) is 5.16. The highest BCUT2D eigenvalue weighted by molar-refractivity contribution is 5.86. The molecule has 0 saturated carbocycles. The number of furan rings is 1. The van der Waals surface area contributed by atoms with Crippen molar-refractivity contribution in [2.45, 2.75) is 40.3 Å². The van der Waals surface area contributed by atoms with Gasteiger partial charge in [-0.05, 0) is 33.4 Å². The molecule has 16 heavy (non-hydrogen) atoms. The molecule has 1 rings (SSSR count). The number of hydrogen-bond donors (Lipinski definition) is 1. The molecule has 0 aliphatic heterocycles. The lowest BCUT2D eigenvalue weighted by Crippen LogP contribution is -2.29. The van der Waals surface area contributed by atoms with Gasteiger partial charge in [-0.1, -0.05) is 6.92 Å². The van der Waals surface area contributed by atoms with Crippen LogP contribution in [0.15, 0.2) is 10.5 Å². The molecule has 1 aromatic rings. The van der Waals surface area contributed by atoms with E-state index < -0.39 is 5.97 Å². The van der Waals surface area contributed by atoms with Crippen molar-refractivity contribution < 1.29 is 14.3 Å². The number of carboxylic acid groups (broad SMARTS) is 1. The smallest absolute Gasteiger partial charge is 0.372 e. The van der Waals surface area contributed by atoms with Crippen LogP contribution in [0.5, 0.6) is 0 Å². The van der Waals surface area contributed by atoms with Crippen molar-refractivity contribution in [3.8, 4) is 0 Å². The lowest BCUT2D eigenvalue weighted by Gasteiger charge is -2.23. The first-order chi connectivity index (χ1) is 7.45. The summed E-state index contributed by atoms with van der Waals surface area (Å²) in [5.41, 5.74) is 0.683. The predicted octanol–water partition coefficient (Wildman–Crippen LogP) is 2.52. The highest BCUT2D eigenvalue weighted by Crippen LogP contribution is 2.17. The zero-order valence-electron chi connectivity index (χ0n) is 10.3. The van der Waals surface area contributed by atoms with Gasteiger partial charge in [-0.25, -0.2) is 4.79 Å². The van der Waals surface area contributed by atoms with E-state index >= 15 is 0 Å². The van der Waals surface area contributed by atoms with Crippen LogP contribution in [0.25, 0.3) is 0 Å². The van der Waals surface area contributed by atoms with E-state index in [2.05, 4.69) is 25.7 Å². The molecule has 0 radical (unpaired) electrons. The maximum Gasteiger partial charge on any atom is 0.372 e. The molecule has 4 heteroatoms. The second-order valence-electron chi connectivity index (χ2n) is 4.19. The van der Waals surface area contributed by atoms with Crippen molar-refractivity contribution in [1.82, 2.24) is 4.90 Å². The molecule has 0 amide bonds. The molecule has 0 spiro atoms. The van der Waals surface area contributed by atoms with Crippen LogP contribution in [-0.2, 0) is 6.54 Å². The molecule has 0 aliphatic carbocycles. The minimum absolute atomic E-state index is 0.0507. The Kier molecular flexibility index (Phi) is 4.12. The third-order valence-electron chi connectivity index (χ3n) is 2.66. The molecule has 0 saturated heterocycles. The summed E-state index contributed by atoms with van der Waals surface area (Å²) in [5.74, 6) is -0.239. The zero-order valence-corrected chi connectivity index (χ0v) is 10.3. The van der Waals surface area contributed by atoms with Crippen LogP contribution in [0.1, 0.15) is 42.6 Å². The van der Waals surface area contributed by atoms with E-state index in [1.807, 2.05) is 0 Å².